The topological polar surface area (TPSA) is 0 Å². The van der Waals surface area contributed by atoms with Crippen molar-refractivity contribution in [2.24, 2.45) is 0 Å². The summed E-state index contributed by atoms with van der Waals surface area (Å²) in [4.78, 5) is 0. The van der Waals surface area contributed by atoms with Gasteiger partial charge in [0.15, 0.2) is 0 Å². The molecule has 0 aromatic rings. The van der Waals surface area contributed by atoms with Crippen LogP contribution in [0.2, 0.25) is 0 Å². The molecule has 0 bridgehead atoms. The van der Waals surface area contributed by atoms with Crippen LogP contribution in [0.15, 0.2) is 0 Å². The summed E-state index contributed by atoms with van der Waals surface area (Å²) >= 11 is 8.07. The molecule has 0 nitrogen and oxygen atoms in total. The van der Waals surface area contributed by atoms with Crippen LogP contribution < -0.4 is 0 Å². The Balaban J connectivity index is 2.14. The standard InChI is InChI=1S/C3H6S4/c4-7-3-5-1-2-6-3/h3-4H,1-2H2. The molecule has 0 aromatic heterocycles. The first kappa shape index (κ1) is 6.52. The fraction of sp³-hybridized carbons (Fsp3) is 1.00. The molecule has 0 aliphatic carbocycles. The van der Waals surface area contributed by atoms with Gasteiger partial charge in [0.2, 0.25) is 0 Å². The van der Waals surface area contributed by atoms with Crippen molar-refractivity contribution in [3.8, 4) is 0 Å². The smallest absolute Gasteiger partial charge is 0.106 e. The number of hydrogen-bond donors (Lipinski definition) is 1. The first-order chi connectivity index (χ1) is 3.43. The van der Waals surface area contributed by atoms with Gasteiger partial charge in [-0.2, -0.15) is 0 Å². The van der Waals surface area contributed by atoms with Gasteiger partial charge in [-0.15, -0.1) is 35.2 Å². The van der Waals surface area contributed by atoms with Gasteiger partial charge in [0.1, 0.15) is 3.91 Å². The molecule has 0 radical (unpaired) electrons. The van der Waals surface area contributed by atoms with Crippen LogP contribution in [0.5, 0.6) is 0 Å². The lowest BCUT2D eigenvalue weighted by molar-refractivity contribution is 1.59. The Labute approximate surface area is 61.4 Å². The minimum atomic E-state index is 0.711. The summed E-state index contributed by atoms with van der Waals surface area (Å²) in [5.41, 5.74) is 0. The van der Waals surface area contributed by atoms with Gasteiger partial charge in [-0.25, -0.2) is 0 Å². The first-order valence-corrected chi connectivity index (χ1v) is 6.00. The van der Waals surface area contributed by atoms with E-state index < -0.39 is 0 Å². The van der Waals surface area contributed by atoms with Crippen LogP contribution >= 0.6 is 46.0 Å². The van der Waals surface area contributed by atoms with Crippen LogP contribution in [0.4, 0.5) is 0 Å². The van der Waals surface area contributed by atoms with Gasteiger partial charge in [0.25, 0.3) is 0 Å². The average Bonchev–Trinajstić information content (AvgIpc) is 2.14. The van der Waals surface area contributed by atoms with E-state index in [1.165, 1.54) is 11.5 Å². The molecule has 1 fully saturated rings. The van der Waals surface area contributed by atoms with Crippen molar-refractivity contribution >= 4 is 46.0 Å². The zero-order valence-electron chi connectivity index (χ0n) is 3.66. The number of hydrogen-bond acceptors (Lipinski definition) is 4. The van der Waals surface area contributed by atoms with Gasteiger partial charge in [-0.3, -0.25) is 0 Å². The van der Waals surface area contributed by atoms with E-state index in [-0.39, 0.29) is 0 Å². The molecule has 1 aliphatic heterocycles. The molecule has 0 saturated carbocycles. The number of thioether (sulfide) groups is 2. The van der Waals surface area contributed by atoms with Crippen molar-refractivity contribution in [2.45, 2.75) is 3.91 Å². The second-order valence-corrected chi connectivity index (χ2v) is 5.77. The molecule has 0 N–H and O–H groups in total. The lowest BCUT2D eigenvalue weighted by Gasteiger charge is -1.97. The van der Waals surface area contributed by atoms with E-state index in [0.717, 1.165) is 0 Å². The maximum atomic E-state index is 4.09. The highest BCUT2D eigenvalue weighted by Gasteiger charge is 2.13. The molecule has 4 heteroatoms. The third kappa shape index (κ3) is 2.00. The van der Waals surface area contributed by atoms with Crippen LogP contribution in [0.25, 0.3) is 0 Å². The monoisotopic (exact) mass is 170 g/mol. The summed E-state index contributed by atoms with van der Waals surface area (Å²) < 4.78 is 0.711. The highest BCUT2D eigenvalue weighted by molar-refractivity contribution is 8.73. The number of thiol groups is 1. The lowest BCUT2D eigenvalue weighted by atomic mass is 11.0. The third-order valence-electron chi connectivity index (χ3n) is 0.677. The Hall–Kier alpha value is 1.40. The predicted octanol–water partition coefficient (Wildman–Crippen LogP) is 2.33. The predicted molar refractivity (Wildman–Crippen MR) is 45.3 cm³/mol. The van der Waals surface area contributed by atoms with Gasteiger partial charge >= 0.3 is 0 Å². The average molecular weight is 170 g/mol. The fourth-order valence-corrected chi connectivity index (χ4v) is 4.67. The summed E-state index contributed by atoms with van der Waals surface area (Å²) in [7, 11) is 1.65. The Morgan fingerprint density at radius 3 is 2.29 bits per heavy atom. The van der Waals surface area contributed by atoms with Crippen molar-refractivity contribution in [3.63, 3.8) is 0 Å². The van der Waals surface area contributed by atoms with Crippen molar-refractivity contribution < 1.29 is 0 Å². The van der Waals surface area contributed by atoms with Gasteiger partial charge < -0.3 is 0 Å². The molecule has 1 heterocycles. The molecule has 0 aromatic carbocycles. The molecule has 1 rings (SSSR count). The highest BCUT2D eigenvalue weighted by Crippen LogP contribution is 2.41. The third-order valence-corrected chi connectivity index (χ3v) is 6.23. The van der Waals surface area contributed by atoms with Crippen molar-refractivity contribution in [1.82, 2.24) is 0 Å². The second kappa shape index (κ2) is 3.43. The fourth-order valence-electron chi connectivity index (χ4n) is 0.398. The van der Waals surface area contributed by atoms with E-state index >= 15 is 0 Å². The van der Waals surface area contributed by atoms with Crippen LogP contribution in [0, 0.1) is 0 Å². The maximum absolute atomic E-state index is 4.09. The SMILES string of the molecule is SSC1SCCS1. The summed E-state index contributed by atoms with van der Waals surface area (Å²) in [6.07, 6.45) is 0. The quantitative estimate of drug-likeness (QED) is 0.474. The van der Waals surface area contributed by atoms with Crippen LogP contribution in [0.1, 0.15) is 0 Å². The van der Waals surface area contributed by atoms with Gasteiger partial charge in [0, 0.05) is 11.5 Å². The van der Waals surface area contributed by atoms with Gasteiger partial charge in [0.05, 0.1) is 0 Å². The second-order valence-electron chi connectivity index (χ2n) is 1.14. The van der Waals surface area contributed by atoms with E-state index in [1.807, 2.05) is 23.5 Å². The minimum absolute atomic E-state index is 0.711. The molecule has 0 unspecified atom stereocenters. The first-order valence-electron chi connectivity index (χ1n) is 1.97. The molecule has 0 spiro atoms. The molecule has 0 amide bonds. The van der Waals surface area contributed by atoms with E-state index in [2.05, 4.69) is 11.7 Å². The largest absolute Gasteiger partial charge is 0.135 e. The van der Waals surface area contributed by atoms with E-state index in [1.54, 1.807) is 10.8 Å². The lowest BCUT2D eigenvalue weighted by Crippen LogP contribution is -1.73. The van der Waals surface area contributed by atoms with E-state index in [4.69, 9.17) is 0 Å². The van der Waals surface area contributed by atoms with Crippen LogP contribution in [-0.2, 0) is 0 Å². The summed E-state index contributed by atoms with van der Waals surface area (Å²) in [6.45, 7) is 0. The maximum Gasteiger partial charge on any atom is 0.106 e. The van der Waals surface area contributed by atoms with Crippen LogP contribution in [0.3, 0.4) is 0 Å². The van der Waals surface area contributed by atoms with Gasteiger partial charge in [-0.1, -0.05) is 10.8 Å². The van der Waals surface area contributed by atoms with Crippen molar-refractivity contribution in [2.75, 3.05) is 11.5 Å². The minimum Gasteiger partial charge on any atom is -0.135 e. The molecule has 1 saturated heterocycles. The Morgan fingerprint density at radius 2 is 2.00 bits per heavy atom. The zero-order valence-corrected chi connectivity index (χ0v) is 7.01. The van der Waals surface area contributed by atoms with E-state index in [9.17, 15) is 0 Å². The summed E-state index contributed by atoms with van der Waals surface area (Å²) in [5.74, 6) is 2.62. The Morgan fingerprint density at radius 1 is 1.43 bits per heavy atom. The molecule has 1 aliphatic rings. The Bertz CT molecular complexity index is 48.9. The molecular formula is C3H6S4. The summed E-state index contributed by atoms with van der Waals surface area (Å²) in [6, 6.07) is 0. The summed E-state index contributed by atoms with van der Waals surface area (Å²) in [5, 5.41) is 0. The molecule has 0 atom stereocenters. The van der Waals surface area contributed by atoms with Crippen LogP contribution in [-0.4, -0.2) is 15.4 Å². The van der Waals surface area contributed by atoms with Gasteiger partial charge in [-0.05, 0) is 0 Å². The Kier molecular flexibility index (Phi) is 3.19. The van der Waals surface area contributed by atoms with E-state index in [0.29, 0.717) is 3.91 Å². The van der Waals surface area contributed by atoms with Crippen molar-refractivity contribution in [1.29, 1.82) is 0 Å². The molecular weight excluding hydrogens is 164 g/mol. The number of rotatable bonds is 1. The highest BCUT2D eigenvalue weighted by atomic mass is 33.1. The molecule has 42 valence electrons. The zero-order chi connectivity index (χ0) is 5.11. The normalized spacial score (nSPS) is 23.6. The molecule has 7 heavy (non-hydrogen) atoms. The van der Waals surface area contributed by atoms with Crippen molar-refractivity contribution in [3.05, 3.63) is 0 Å².